The number of hydrogen-bond acceptors (Lipinski definition) is 4. The maximum atomic E-state index is 13.0. The third kappa shape index (κ3) is 2.23. The normalized spacial score (nSPS) is 11.5. The van der Waals surface area contributed by atoms with Gasteiger partial charge in [-0.2, -0.15) is 0 Å². The van der Waals surface area contributed by atoms with Crippen molar-refractivity contribution >= 4 is 20.7 Å². The van der Waals surface area contributed by atoms with Gasteiger partial charge in [0.05, 0.1) is 23.2 Å². The lowest BCUT2D eigenvalue weighted by Crippen LogP contribution is -2.08. The standard InChI is InChI=1S/C17H15NO3S/c1-12-17(22(19,20)13-8-4-3-5-9-13)16(21-2)14-10-6-7-11-15(14)18-12/h3-11H,1-2H3. The molecule has 0 aliphatic carbocycles. The number of rotatable bonds is 3. The van der Waals surface area contributed by atoms with E-state index in [1.165, 1.54) is 7.11 Å². The Bertz CT molecular complexity index is 935. The molecule has 2 aromatic carbocycles. The minimum absolute atomic E-state index is 0.125. The van der Waals surface area contributed by atoms with Crippen molar-refractivity contribution in [2.24, 2.45) is 0 Å². The van der Waals surface area contributed by atoms with Crippen molar-refractivity contribution in [3.63, 3.8) is 0 Å². The molecule has 3 aromatic rings. The number of nitrogens with zero attached hydrogens (tertiary/aromatic N) is 1. The van der Waals surface area contributed by atoms with E-state index in [4.69, 9.17) is 4.74 Å². The summed E-state index contributed by atoms with van der Waals surface area (Å²) in [7, 11) is -2.21. The molecule has 0 aliphatic rings. The van der Waals surface area contributed by atoms with Crippen LogP contribution in [-0.4, -0.2) is 20.5 Å². The van der Waals surface area contributed by atoms with Gasteiger partial charge in [-0.15, -0.1) is 0 Å². The molecule has 0 saturated heterocycles. The Kier molecular flexibility index (Phi) is 3.58. The van der Waals surface area contributed by atoms with Crippen LogP contribution in [0.1, 0.15) is 5.69 Å². The molecule has 0 spiro atoms. The number of aryl methyl sites for hydroxylation is 1. The van der Waals surface area contributed by atoms with Crippen LogP contribution in [0.2, 0.25) is 0 Å². The minimum Gasteiger partial charge on any atom is -0.495 e. The first-order valence-electron chi connectivity index (χ1n) is 6.79. The van der Waals surface area contributed by atoms with Crippen molar-refractivity contribution in [3.8, 4) is 5.75 Å². The Morgan fingerprint density at radius 3 is 2.27 bits per heavy atom. The van der Waals surface area contributed by atoms with Crippen LogP contribution in [0.5, 0.6) is 5.75 Å². The fourth-order valence-electron chi connectivity index (χ4n) is 2.52. The second kappa shape index (κ2) is 5.42. The van der Waals surface area contributed by atoms with E-state index in [9.17, 15) is 8.42 Å². The van der Waals surface area contributed by atoms with Crippen molar-refractivity contribution in [1.29, 1.82) is 0 Å². The summed E-state index contributed by atoms with van der Waals surface area (Å²) in [5.74, 6) is 0.340. The molecule has 0 saturated carbocycles. The first-order chi connectivity index (χ1) is 10.6. The second-order valence-corrected chi connectivity index (χ2v) is 6.78. The summed E-state index contributed by atoms with van der Waals surface area (Å²) in [5, 5.41) is 0.685. The van der Waals surface area contributed by atoms with E-state index in [2.05, 4.69) is 4.98 Å². The fraction of sp³-hybridized carbons (Fsp3) is 0.118. The maximum absolute atomic E-state index is 13.0. The van der Waals surface area contributed by atoms with Gasteiger partial charge < -0.3 is 4.74 Å². The molecule has 0 amide bonds. The molecule has 0 atom stereocenters. The lowest BCUT2D eigenvalue weighted by atomic mass is 10.2. The average Bonchev–Trinajstić information content (AvgIpc) is 2.54. The van der Waals surface area contributed by atoms with Gasteiger partial charge in [-0.3, -0.25) is 4.98 Å². The molecule has 4 nitrogen and oxygen atoms in total. The zero-order valence-electron chi connectivity index (χ0n) is 12.3. The summed E-state index contributed by atoms with van der Waals surface area (Å²) in [5.41, 5.74) is 1.14. The van der Waals surface area contributed by atoms with Gasteiger partial charge in [-0.05, 0) is 31.2 Å². The number of hydrogen-bond donors (Lipinski definition) is 0. The number of pyridine rings is 1. The van der Waals surface area contributed by atoms with E-state index >= 15 is 0 Å². The number of fused-ring (bicyclic) bond motifs is 1. The van der Waals surface area contributed by atoms with Gasteiger partial charge in [0.25, 0.3) is 0 Å². The molecule has 0 bridgehead atoms. The third-order valence-corrected chi connectivity index (χ3v) is 5.41. The number of benzene rings is 2. The van der Waals surface area contributed by atoms with Gasteiger partial charge in [-0.1, -0.05) is 30.3 Å². The Morgan fingerprint density at radius 1 is 0.955 bits per heavy atom. The van der Waals surface area contributed by atoms with E-state index in [0.29, 0.717) is 22.3 Å². The monoisotopic (exact) mass is 313 g/mol. The average molecular weight is 313 g/mol. The zero-order chi connectivity index (χ0) is 15.7. The minimum atomic E-state index is -3.69. The molecule has 0 fully saturated rings. The van der Waals surface area contributed by atoms with Crippen molar-refractivity contribution in [1.82, 2.24) is 4.98 Å². The second-order valence-electron chi connectivity index (χ2n) is 4.89. The third-order valence-electron chi connectivity index (χ3n) is 3.50. The summed E-state index contributed by atoms with van der Waals surface area (Å²) < 4.78 is 31.3. The van der Waals surface area contributed by atoms with Gasteiger partial charge >= 0.3 is 0 Å². The van der Waals surface area contributed by atoms with Crippen LogP contribution >= 0.6 is 0 Å². The smallest absolute Gasteiger partial charge is 0.212 e. The summed E-state index contributed by atoms with van der Waals surface area (Å²) in [6, 6.07) is 15.7. The lowest BCUT2D eigenvalue weighted by molar-refractivity contribution is 0.406. The van der Waals surface area contributed by atoms with Gasteiger partial charge in [0.1, 0.15) is 10.6 Å². The zero-order valence-corrected chi connectivity index (χ0v) is 13.1. The first-order valence-corrected chi connectivity index (χ1v) is 8.27. The molecule has 112 valence electrons. The summed E-state index contributed by atoms with van der Waals surface area (Å²) in [6.45, 7) is 1.69. The van der Waals surface area contributed by atoms with Crippen LogP contribution < -0.4 is 4.74 Å². The van der Waals surface area contributed by atoms with E-state index in [0.717, 1.165) is 0 Å². The van der Waals surface area contributed by atoms with Crippen LogP contribution in [0.4, 0.5) is 0 Å². The molecule has 22 heavy (non-hydrogen) atoms. The van der Waals surface area contributed by atoms with Crippen molar-refractivity contribution in [2.45, 2.75) is 16.7 Å². The summed E-state index contributed by atoms with van der Waals surface area (Å²) >= 11 is 0. The van der Waals surface area contributed by atoms with Crippen LogP contribution in [0.15, 0.2) is 64.4 Å². The number of methoxy groups -OCH3 is 1. The van der Waals surface area contributed by atoms with Crippen LogP contribution in [0.25, 0.3) is 10.9 Å². The molecular weight excluding hydrogens is 298 g/mol. The van der Waals surface area contributed by atoms with Gasteiger partial charge in [-0.25, -0.2) is 8.42 Å². The Morgan fingerprint density at radius 2 is 1.59 bits per heavy atom. The highest BCUT2D eigenvalue weighted by atomic mass is 32.2. The molecule has 5 heteroatoms. The molecule has 0 radical (unpaired) electrons. The summed E-state index contributed by atoms with van der Waals surface area (Å²) in [4.78, 5) is 4.77. The molecule has 0 N–H and O–H groups in total. The SMILES string of the molecule is COc1c(S(=O)(=O)c2ccccc2)c(C)nc2ccccc12. The van der Waals surface area contributed by atoms with Crippen molar-refractivity contribution in [2.75, 3.05) is 7.11 Å². The Balaban J connectivity index is 2.38. The maximum Gasteiger partial charge on any atom is 0.212 e. The Hall–Kier alpha value is -2.40. The van der Waals surface area contributed by atoms with Crippen molar-refractivity contribution in [3.05, 3.63) is 60.3 Å². The largest absolute Gasteiger partial charge is 0.495 e. The number of para-hydroxylation sites is 1. The van der Waals surface area contributed by atoms with Crippen LogP contribution in [0, 0.1) is 6.92 Å². The highest BCUT2D eigenvalue weighted by molar-refractivity contribution is 7.91. The van der Waals surface area contributed by atoms with Crippen molar-refractivity contribution < 1.29 is 13.2 Å². The quantitative estimate of drug-likeness (QED) is 0.744. The highest BCUT2D eigenvalue weighted by Crippen LogP contribution is 2.36. The van der Waals surface area contributed by atoms with Gasteiger partial charge in [0.15, 0.2) is 0 Å². The molecule has 1 aromatic heterocycles. The fourth-order valence-corrected chi connectivity index (χ4v) is 4.14. The lowest BCUT2D eigenvalue weighted by Gasteiger charge is -2.14. The van der Waals surface area contributed by atoms with Crippen LogP contribution in [0.3, 0.4) is 0 Å². The first kappa shape index (κ1) is 14.5. The highest BCUT2D eigenvalue weighted by Gasteiger charge is 2.27. The van der Waals surface area contributed by atoms with Gasteiger partial charge in [0.2, 0.25) is 9.84 Å². The predicted molar refractivity (Wildman–Crippen MR) is 84.9 cm³/mol. The molecule has 1 heterocycles. The van der Waals surface area contributed by atoms with Crippen LogP contribution in [-0.2, 0) is 9.84 Å². The molecular formula is C17H15NO3S. The number of sulfone groups is 1. The van der Waals surface area contributed by atoms with E-state index in [1.807, 2.05) is 24.3 Å². The molecule has 0 aliphatic heterocycles. The predicted octanol–water partition coefficient (Wildman–Crippen LogP) is 3.38. The Labute approximate surface area is 129 Å². The van der Waals surface area contributed by atoms with Gasteiger partial charge in [0, 0.05) is 5.39 Å². The molecule has 3 rings (SSSR count). The van der Waals surface area contributed by atoms with E-state index < -0.39 is 9.84 Å². The van der Waals surface area contributed by atoms with E-state index in [-0.39, 0.29) is 9.79 Å². The van der Waals surface area contributed by atoms with E-state index in [1.54, 1.807) is 37.3 Å². The number of aromatic nitrogens is 1. The topological polar surface area (TPSA) is 56.3 Å². The molecule has 0 unspecified atom stereocenters. The summed E-state index contributed by atoms with van der Waals surface area (Å²) in [6.07, 6.45) is 0. The number of ether oxygens (including phenoxy) is 1.